The van der Waals surface area contributed by atoms with Crippen LogP contribution in [0.5, 0.6) is 0 Å². The van der Waals surface area contributed by atoms with Gasteiger partial charge in [-0.3, -0.25) is 4.79 Å². The average molecular weight is 233 g/mol. The van der Waals surface area contributed by atoms with Crippen molar-refractivity contribution in [2.75, 3.05) is 13.7 Å². The molecule has 15 heavy (non-hydrogen) atoms. The van der Waals surface area contributed by atoms with Gasteiger partial charge >= 0.3 is 5.97 Å². The van der Waals surface area contributed by atoms with E-state index in [9.17, 15) is 4.79 Å². The van der Waals surface area contributed by atoms with Gasteiger partial charge < -0.3 is 14.8 Å². The Bertz CT molecular complexity index is 223. The molecule has 4 nitrogen and oxygen atoms in total. The van der Waals surface area contributed by atoms with E-state index < -0.39 is 20.3 Å². The molecule has 1 atom stereocenters. The number of carboxylic acid groups (broad SMARTS) is 1. The third kappa shape index (κ3) is 4.32. The Kier molecular flexibility index (Phi) is 4.96. The summed E-state index contributed by atoms with van der Waals surface area (Å²) in [6, 6.07) is -0.612. The number of aliphatic carboxylic acids is 1. The van der Waals surface area contributed by atoms with Crippen molar-refractivity contribution in [3.63, 3.8) is 0 Å². The Hall–Kier alpha value is -0.393. The van der Waals surface area contributed by atoms with Crippen LogP contribution in [0.1, 0.15) is 20.8 Å². The molecule has 0 radical (unpaired) electrons. The highest BCUT2D eigenvalue weighted by Gasteiger charge is 2.37. The first kappa shape index (κ1) is 14.6. The summed E-state index contributed by atoms with van der Waals surface area (Å²) < 4.78 is 5.80. The van der Waals surface area contributed by atoms with E-state index in [0.29, 0.717) is 0 Å². The molecule has 0 amide bonds. The molecule has 0 aliphatic carbocycles. The fourth-order valence-corrected chi connectivity index (χ4v) is 1.80. The molecule has 0 aromatic carbocycles. The van der Waals surface area contributed by atoms with Gasteiger partial charge in [0.1, 0.15) is 6.04 Å². The molecular weight excluding hydrogens is 210 g/mol. The van der Waals surface area contributed by atoms with Gasteiger partial charge in [0, 0.05) is 0 Å². The van der Waals surface area contributed by atoms with Gasteiger partial charge in [0.25, 0.3) is 0 Å². The second-order valence-corrected chi connectivity index (χ2v) is 10.1. The molecule has 0 bridgehead atoms. The van der Waals surface area contributed by atoms with Gasteiger partial charge in [0.05, 0.1) is 6.61 Å². The molecule has 5 heteroatoms. The molecule has 0 aromatic heterocycles. The van der Waals surface area contributed by atoms with Gasteiger partial charge in [0.15, 0.2) is 8.32 Å². The first-order chi connectivity index (χ1) is 6.62. The first-order valence-electron chi connectivity index (χ1n) is 5.16. The molecule has 2 N–H and O–H groups in total. The van der Waals surface area contributed by atoms with E-state index in [4.69, 9.17) is 9.53 Å². The zero-order chi connectivity index (χ0) is 12.3. The highest BCUT2D eigenvalue weighted by molar-refractivity contribution is 6.74. The SMILES string of the molecule is CN[C@H](CO[Si](C)(C)C(C)(C)C)C(=O)O. The molecule has 0 unspecified atom stereocenters. The summed E-state index contributed by atoms with van der Waals surface area (Å²) in [6.45, 7) is 10.9. The summed E-state index contributed by atoms with van der Waals surface area (Å²) in [7, 11) is -0.200. The van der Waals surface area contributed by atoms with Crippen LogP contribution in [0.25, 0.3) is 0 Å². The number of hydrogen-bond donors (Lipinski definition) is 2. The second kappa shape index (κ2) is 5.09. The van der Waals surface area contributed by atoms with Crippen molar-refractivity contribution in [2.45, 2.75) is 44.9 Å². The van der Waals surface area contributed by atoms with Gasteiger partial charge in [-0.15, -0.1) is 0 Å². The normalized spacial score (nSPS) is 15.1. The van der Waals surface area contributed by atoms with Crippen molar-refractivity contribution < 1.29 is 14.3 Å². The smallest absolute Gasteiger partial charge is 0.323 e. The van der Waals surface area contributed by atoms with Crippen molar-refractivity contribution in [1.29, 1.82) is 0 Å². The maximum Gasteiger partial charge on any atom is 0.323 e. The monoisotopic (exact) mass is 233 g/mol. The Balaban J connectivity index is 4.31. The highest BCUT2D eigenvalue weighted by Crippen LogP contribution is 2.36. The molecule has 0 aliphatic heterocycles. The van der Waals surface area contributed by atoms with Crippen LogP contribution in [0.3, 0.4) is 0 Å². The standard InChI is InChI=1S/C10H23NO3Si/c1-10(2,3)15(5,6)14-7-8(11-4)9(12)13/h8,11H,7H2,1-6H3,(H,12,13)/t8-/m1/s1. The zero-order valence-electron chi connectivity index (χ0n) is 10.5. The predicted octanol–water partition coefficient (Wildman–Crippen LogP) is 1.68. The Morgan fingerprint density at radius 2 is 1.93 bits per heavy atom. The lowest BCUT2D eigenvalue weighted by atomic mass is 10.2. The van der Waals surface area contributed by atoms with E-state index in [1.807, 2.05) is 0 Å². The second-order valence-electron chi connectivity index (χ2n) is 5.25. The quantitative estimate of drug-likeness (QED) is 0.709. The highest BCUT2D eigenvalue weighted by atomic mass is 28.4. The Morgan fingerprint density at radius 3 is 2.20 bits per heavy atom. The van der Waals surface area contributed by atoms with Crippen LogP contribution >= 0.6 is 0 Å². The van der Waals surface area contributed by atoms with E-state index in [-0.39, 0.29) is 11.6 Å². The van der Waals surface area contributed by atoms with Gasteiger partial charge in [0.2, 0.25) is 0 Å². The minimum absolute atomic E-state index is 0.115. The van der Waals surface area contributed by atoms with Gasteiger partial charge in [-0.1, -0.05) is 20.8 Å². The summed E-state index contributed by atoms with van der Waals surface area (Å²) in [6.07, 6.45) is 0. The number of nitrogens with one attached hydrogen (secondary N) is 1. The third-order valence-corrected chi connectivity index (χ3v) is 7.56. The Morgan fingerprint density at radius 1 is 1.47 bits per heavy atom. The van der Waals surface area contributed by atoms with Crippen LogP contribution in [-0.4, -0.2) is 39.1 Å². The summed E-state index contributed by atoms with van der Waals surface area (Å²) in [5, 5.41) is 11.7. The molecule has 90 valence electrons. The number of hydrogen-bond acceptors (Lipinski definition) is 3. The molecule has 0 spiro atoms. The van der Waals surface area contributed by atoms with Crippen LogP contribution < -0.4 is 5.32 Å². The van der Waals surface area contributed by atoms with Crippen LogP contribution in [0.4, 0.5) is 0 Å². The van der Waals surface area contributed by atoms with Gasteiger partial charge in [-0.2, -0.15) is 0 Å². The summed E-state index contributed by atoms with van der Waals surface area (Å²) in [4.78, 5) is 10.8. The lowest BCUT2D eigenvalue weighted by Crippen LogP contribution is -2.46. The minimum atomic E-state index is -1.83. The van der Waals surface area contributed by atoms with Crippen LogP contribution in [0.2, 0.25) is 18.1 Å². The maximum absolute atomic E-state index is 10.8. The van der Waals surface area contributed by atoms with Gasteiger partial charge in [-0.25, -0.2) is 0 Å². The minimum Gasteiger partial charge on any atom is -0.480 e. The molecular formula is C10H23NO3Si. The maximum atomic E-state index is 10.8. The first-order valence-corrected chi connectivity index (χ1v) is 8.06. The van der Waals surface area contributed by atoms with Crippen molar-refractivity contribution >= 4 is 14.3 Å². The van der Waals surface area contributed by atoms with E-state index in [1.165, 1.54) is 0 Å². The lowest BCUT2D eigenvalue weighted by Gasteiger charge is -2.36. The molecule has 0 saturated carbocycles. The number of rotatable bonds is 5. The fourth-order valence-electron chi connectivity index (χ4n) is 0.786. The molecule has 0 aromatic rings. The van der Waals surface area contributed by atoms with E-state index in [2.05, 4.69) is 39.2 Å². The summed E-state index contributed by atoms with van der Waals surface area (Å²) >= 11 is 0. The van der Waals surface area contributed by atoms with Crippen LogP contribution in [-0.2, 0) is 9.22 Å². The fraction of sp³-hybridized carbons (Fsp3) is 0.900. The number of carboxylic acids is 1. The summed E-state index contributed by atoms with van der Waals surface area (Å²) in [5.74, 6) is -0.865. The molecule has 0 rings (SSSR count). The van der Waals surface area contributed by atoms with Crippen LogP contribution in [0.15, 0.2) is 0 Å². The number of carbonyl (C=O) groups is 1. The average Bonchev–Trinajstić information content (AvgIpc) is 2.02. The summed E-state index contributed by atoms with van der Waals surface area (Å²) in [5.41, 5.74) is 0. The topological polar surface area (TPSA) is 58.6 Å². The van der Waals surface area contributed by atoms with Crippen molar-refractivity contribution in [3.8, 4) is 0 Å². The molecule has 0 heterocycles. The molecule has 0 fully saturated rings. The third-order valence-electron chi connectivity index (χ3n) is 3.06. The zero-order valence-corrected chi connectivity index (χ0v) is 11.5. The van der Waals surface area contributed by atoms with E-state index in [0.717, 1.165) is 0 Å². The Labute approximate surface area is 93.1 Å². The van der Waals surface area contributed by atoms with Crippen LogP contribution in [0, 0.1) is 0 Å². The van der Waals surface area contributed by atoms with E-state index >= 15 is 0 Å². The van der Waals surface area contributed by atoms with Crippen molar-refractivity contribution in [1.82, 2.24) is 5.32 Å². The number of likely N-dealkylation sites (N-methyl/N-ethyl adjacent to an activating group) is 1. The molecule has 0 saturated heterocycles. The van der Waals surface area contributed by atoms with Crippen molar-refractivity contribution in [3.05, 3.63) is 0 Å². The molecule has 0 aliphatic rings. The van der Waals surface area contributed by atoms with Crippen molar-refractivity contribution in [2.24, 2.45) is 0 Å². The predicted molar refractivity (Wildman–Crippen MR) is 63.6 cm³/mol. The lowest BCUT2D eigenvalue weighted by molar-refractivity contribution is -0.140. The van der Waals surface area contributed by atoms with Gasteiger partial charge in [-0.05, 0) is 25.2 Å². The largest absolute Gasteiger partial charge is 0.480 e. The van der Waals surface area contributed by atoms with E-state index in [1.54, 1.807) is 7.05 Å².